The average molecular weight is 401 g/mol. The maximum absolute atomic E-state index is 12.3. The Morgan fingerprint density at radius 3 is 2.20 bits per heavy atom. The molecule has 2 aromatic carbocycles. The molecular weight excluding hydrogens is 383 g/mol. The maximum Gasteiger partial charge on any atom is 0.239 e. The molecule has 0 aliphatic heterocycles. The van der Waals surface area contributed by atoms with E-state index in [2.05, 4.69) is 5.32 Å². The Hall–Kier alpha value is -1.60. The molecule has 0 radical (unpaired) electrons. The Morgan fingerprint density at radius 2 is 1.64 bits per heavy atom. The van der Waals surface area contributed by atoms with Crippen LogP contribution in [0.5, 0.6) is 0 Å². The number of carbonyl (C=O) groups is 1. The molecular formula is C17H18Cl2N2O3S. The molecule has 1 amide bonds. The van der Waals surface area contributed by atoms with E-state index in [4.69, 9.17) is 23.2 Å². The predicted octanol–water partition coefficient (Wildman–Crippen LogP) is 3.44. The van der Waals surface area contributed by atoms with Crippen LogP contribution in [0.4, 0.5) is 5.69 Å². The molecule has 0 aliphatic rings. The van der Waals surface area contributed by atoms with Gasteiger partial charge in [0, 0.05) is 6.54 Å². The van der Waals surface area contributed by atoms with Crippen molar-refractivity contribution in [2.45, 2.75) is 6.42 Å². The van der Waals surface area contributed by atoms with Crippen molar-refractivity contribution in [3.63, 3.8) is 0 Å². The topological polar surface area (TPSA) is 66.5 Å². The van der Waals surface area contributed by atoms with Crippen LogP contribution in [0.2, 0.25) is 10.0 Å². The first-order valence-electron chi connectivity index (χ1n) is 7.50. The molecule has 0 spiro atoms. The van der Waals surface area contributed by atoms with E-state index in [1.54, 1.807) is 18.2 Å². The second-order valence-electron chi connectivity index (χ2n) is 5.48. The highest BCUT2D eigenvalue weighted by atomic mass is 35.5. The summed E-state index contributed by atoms with van der Waals surface area (Å²) >= 11 is 12.0. The Labute approximate surface area is 157 Å². The summed E-state index contributed by atoms with van der Waals surface area (Å²) in [4.78, 5) is 12.3. The summed E-state index contributed by atoms with van der Waals surface area (Å²) in [6, 6.07) is 14.3. The largest absolute Gasteiger partial charge is 0.322 e. The first kappa shape index (κ1) is 19.7. The number of anilines is 1. The normalized spacial score (nSPS) is 11.5. The van der Waals surface area contributed by atoms with E-state index in [0.29, 0.717) is 6.42 Å². The molecule has 1 N–H and O–H groups in total. The number of hydrogen-bond donors (Lipinski definition) is 1. The number of sulfonamides is 1. The molecule has 0 aliphatic carbocycles. The number of nitrogens with one attached hydrogen (secondary N) is 1. The molecule has 2 rings (SSSR count). The summed E-state index contributed by atoms with van der Waals surface area (Å²) in [5.41, 5.74) is 1.26. The molecule has 8 heteroatoms. The summed E-state index contributed by atoms with van der Waals surface area (Å²) in [6.45, 7) is -0.111. The quantitative estimate of drug-likeness (QED) is 0.773. The standard InChI is InChI=1S/C17H18Cl2N2O3S/c1-25(23,24)21(11-10-13-6-3-2-4-7-13)12-16(22)20-17-14(18)8-5-9-15(17)19/h2-9H,10-12H2,1H3,(H,20,22). The predicted molar refractivity (Wildman–Crippen MR) is 102 cm³/mol. The van der Waals surface area contributed by atoms with Crippen LogP contribution in [0.3, 0.4) is 0 Å². The number of para-hydroxylation sites is 1. The van der Waals surface area contributed by atoms with Gasteiger partial charge in [0.15, 0.2) is 0 Å². The van der Waals surface area contributed by atoms with Gasteiger partial charge in [-0.05, 0) is 24.1 Å². The lowest BCUT2D eigenvalue weighted by molar-refractivity contribution is -0.116. The van der Waals surface area contributed by atoms with Gasteiger partial charge in [-0.15, -0.1) is 0 Å². The minimum Gasteiger partial charge on any atom is -0.322 e. The van der Waals surface area contributed by atoms with E-state index in [1.807, 2.05) is 30.3 Å². The maximum atomic E-state index is 12.3. The van der Waals surface area contributed by atoms with Gasteiger partial charge in [0.25, 0.3) is 0 Å². The van der Waals surface area contributed by atoms with Crippen molar-refractivity contribution in [2.75, 3.05) is 24.7 Å². The lowest BCUT2D eigenvalue weighted by atomic mass is 10.1. The molecule has 25 heavy (non-hydrogen) atoms. The third-order valence-corrected chi connectivity index (χ3v) is 5.39. The van der Waals surface area contributed by atoms with Gasteiger partial charge >= 0.3 is 0 Å². The van der Waals surface area contributed by atoms with E-state index < -0.39 is 15.9 Å². The summed E-state index contributed by atoms with van der Waals surface area (Å²) in [5.74, 6) is -0.506. The highest BCUT2D eigenvalue weighted by Gasteiger charge is 2.21. The molecule has 5 nitrogen and oxygen atoms in total. The first-order chi connectivity index (χ1) is 11.8. The number of amides is 1. The zero-order chi connectivity index (χ0) is 18.4. The zero-order valence-corrected chi connectivity index (χ0v) is 15.9. The minimum absolute atomic E-state index is 0.201. The molecule has 0 aromatic heterocycles. The van der Waals surface area contributed by atoms with Crippen LogP contribution in [-0.4, -0.2) is 38.0 Å². The molecule has 0 heterocycles. The van der Waals surface area contributed by atoms with E-state index in [-0.39, 0.29) is 28.8 Å². The lowest BCUT2D eigenvalue weighted by Crippen LogP contribution is -2.38. The Bertz CT molecular complexity index is 822. The molecule has 134 valence electrons. The molecule has 0 bridgehead atoms. The van der Waals surface area contributed by atoms with Gasteiger partial charge in [-0.1, -0.05) is 59.6 Å². The van der Waals surface area contributed by atoms with Crippen LogP contribution in [0.1, 0.15) is 5.56 Å². The molecule has 0 fully saturated rings. The van der Waals surface area contributed by atoms with Crippen LogP contribution < -0.4 is 5.32 Å². The number of hydrogen-bond acceptors (Lipinski definition) is 3. The smallest absolute Gasteiger partial charge is 0.239 e. The van der Waals surface area contributed by atoms with Gasteiger partial charge in [-0.25, -0.2) is 8.42 Å². The molecule has 2 aromatic rings. The van der Waals surface area contributed by atoms with Crippen LogP contribution in [0.25, 0.3) is 0 Å². The minimum atomic E-state index is -3.54. The number of halogens is 2. The Morgan fingerprint density at radius 1 is 1.04 bits per heavy atom. The summed E-state index contributed by atoms with van der Waals surface area (Å²) < 4.78 is 25.1. The summed E-state index contributed by atoms with van der Waals surface area (Å²) in [7, 11) is -3.54. The second-order valence-corrected chi connectivity index (χ2v) is 8.27. The highest BCUT2D eigenvalue weighted by Crippen LogP contribution is 2.29. The van der Waals surface area contributed by atoms with E-state index >= 15 is 0 Å². The number of benzene rings is 2. The third-order valence-electron chi connectivity index (χ3n) is 3.51. The SMILES string of the molecule is CS(=O)(=O)N(CCc1ccccc1)CC(=O)Nc1c(Cl)cccc1Cl. The van der Waals surface area contributed by atoms with Gasteiger partial charge in [-0.3, -0.25) is 4.79 Å². The molecule has 0 atom stereocenters. The van der Waals surface area contributed by atoms with Crippen molar-refractivity contribution in [3.05, 3.63) is 64.1 Å². The zero-order valence-electron chi connectivity index (χ0n) is 13.6. The highest BCUT2D eigenvalue weighted by molar-refractivity contribution is 7.88. The first-order valence-corrected chi connectivity index (χ1v) is 10.1. The second kappa shape index (κ2) is 8.67. The van der Waals surface area contributed by atoms with Gasteiger partial charge in [0.1, 0.15) is 0 Å². The van der Waals surface area contributed by atoms with Crippen molar-refractivity contribution in [3.8, 4) is 0 Å². The average Bonchev–Trinajstić information content (AvgIpc) is 2.55. The Balaban J connectivity index is 2.05. The molecule has 0 unspecified atom stereocenters. The van der Waals surface area contributed by atoms with Gasteiger partial charge in [0.2, 0.25) is 15.9 Å². The number of nitrogens with zero attached hydrogens (tertiary/aromatic N) is 1. The summed E-state index contributed by atoms with van der Waals surface area (Å²) in [5, 5.41) is 3.15. The van der Waals surface area contributed by atoms with Crippen molar-refractivity contribution in [2.24, 2.45) is 0 Å². The fourth-order valence-electron chi connectivity index (χ4n) is 2.22. The van der Waals surface area contributed by atoms with Crippen molar-refractivity contribution < 1.29 is 13.2 Å². The van der Waals surface area contributed by atoms with Crippen molar-refractivity contribution in [1.82, 2.24) is 4.31 Å². The van der Waals surface area contributed by atoms with E-state index in [9.17, 15) is 13.2 Å². The fourth-order valence-corrected chi connectivity index (χ4v) is 3.48. The van der Waals surface area contributed by atoms with Gasteiger partial charge < -0.3 is 5.32 Å². The van der Waals surface area contributed by atoms with Crippen LogP contribution in [0, 0.1) is 0 Å². The lowest BCUT2D eigenvalue weighted by Gasteiger charge is -2.20. The van der Waals surface area contributed by atoms with Crippen LogP contribution in [0.15, 0.2) is 48.5 Å². The van der Waals surface area contributed by atoms with Gasteiger partial charge in [0.05, 0.1) is 28.5 Å². The van der Waals surface area contributed by atoms with Gasteiger partial charge in [-0.2, -0.15) is 4.31 Å². The fraction of sp³-hybridized carbons (Fsp3) is 0.235. The Kier molecular flexibility index (Phi) is 6.84. The van der Waals surface area contributed by atoms with Crippen LogP contribution in [-0.2, 0) is 21.2 Å². The van der Waals surface area contributed by atoms with E-state index in [0.717, 1.165) is 16.1 Å². The summed E-state index contributed by atoms with van der Waals surface area (Å²) in [6.07, 6.45) is 1.59. The van der Waals surface area contributed by atoms with Crippen molar-refractivity contribution >= 4 is 44.8 Å². The number of carbonyl (C=O) groups excluding carboxylic acids is 1. The number of rotatable bonds is 7. The van der Waals surface area contributed by atoms with Crippen LogP contribution >= 0.6 is 23.2 Å². The van der Waals surface area contributed by atoms with Crippen molar-refractivity contribution in [1.29, 1.82) is 0 Å². The monoisotopic (exact) mass is 400 g/mol. The molecule has 0 saturated carbocycles. The third kappa shape index (κ3) is 6.01. The molecule has 0 saturated heterocycles. The van der Waals surface area contributed by atoms with E-state index in [1.165, 1.54) is 0 Å².